The lowest BCUT2D eigenvalue weighted by atomic mass is 9.97. The summed E-state index contributed by atoms with van der Waals surface area (Å²) >= 11 is 0. The molecular formula is C16H27N5O2Si. The number of nitrogen functional groups attached to an aromatic ring is 1. The van der Waals surface area contributed by atoms with Gasteiger partial charge >= 0.3 is 0 Å². The molecule has 3 rings (SSSR count). The molecule has 0 bridgehead atoms. The summed E-state index contributed by atoms with van der Waals surface area (Å²) in [6.45, 7) is 14.1. The van der Waals surface area contributed by atoms with Gasteiger partial charge in [0.2, 0.25) is 0 Å². The van der Waals surface area contributed by atoms with Crippen molar-refractivity contribution in [3.63, 3.8) is 0 Å². The van der Waals surface area contributed by atoms with Crippen molar-refractivity contribution in [2.75, 3.05) is 12.3 Å². The molecule has 8 heteroatoms. The van der Waals surface area contributed by atoms with Crippen LogP contribution in [0.4, 0.5) is 5.82 Å². The van der Waals surface area contributed by atoms with E-state index in [2.05, 4.69) is 55.7 Å². The fourth-order valence-corrected chi connectivity index (χ4v) is 3.61. The fraction of sp³-hybridized carbons (Fsp3) is 0.688. The number of nitrogens with two attached hydrogens (primary N) is 1. The number of nitrogens with zero attached hydrogens (tertiary/aromatic N) is 4. The lowest BCUT2D eigenvalue weighted by molar-refractivity contribution is -0.225. The second-order valence-corrected chi connectivity index (χ2v) is 12.9. The standard InChI is InChI=1S/C16H27N5O2Si/c1-10-11(7-22-24(5,6)16(2,3)4)23-15(10)21-9-20-12-13(17)18-8-19-14(12)21/h8-11,15H,7H2,1-6H3,(H2,17,18,19). The van der Waals surface area contributed by atoms with Gasteiger partial charge in [-0.2, -0.15) is 0 Å². The SMILES string of the molecule is CC1C(CO[Si](C)(C)C(C)(C)C)OC1n1cnc2c(N)ncnc21. The minimum Gasteiger partial charge on any atom is -0.414 e. The largest absolute Gasteiger partial charge is 0.414 e. The number of aromatic nitrogens is 4. The topological polar surface area (TPSA) is 88.1 Å². The predicted octanol–water partition coefficient (Wildman–Crippen LogP) is 2.96. The molecule has 3 atom stereocenters. The van der Waals surface area contributed by atoms with Crippen LogP contribution in [0.25, 0.3) is 11.2 Å². The third-order valence-corrected chi connectivity index (χ3v) is 9.93. The molecule has 1 fully saturated rings. The Kier molecular flexibility index (Phi) is 4.17. The Balaban J connectivity index is 1.67. The normalized spacial score (nSPS) is 25.0. The van der Waals surface area contributed by atoms with Crippen LogP contribution in [0.15, 0.2) is 12.7 Å². The van der Waals surface area contributed by atoms with E-state index in [0.717, 1.165) is 0 Å². The number of anilines is 1. The van der Waals surface area contributed by atoms with Crippen LogP contribution in [0.5, 0.6) is 0 Å². The zero-order chi connectivity index (χ0) is 17.7. The number of ether oxygens (including phenoxy) is 1. The van der Waals surface area contributed by atoms with Crippen LogP contribution in [0, 0.1) is 5.92 Å². The molecule has 0 amide bonds. The van der Waals surface area contributed by atoms with Gasteiger partial charge in [-0.25, -0.2) is 15.0 Å². The van der Waals surface area contributed by atoms with Crippen molar-refractivity contribution >= 4 is 25.3 Å². The van der Waals surface area contributed by atoms with Crippen LogP contribution >= 0.6 is 0 Å². The monoisotopic (exact) mass is 349 g/mol. The van der Waals surface area contributed by atoms with E-state index in [1.165, 1.54) is 6.33 Å². The van der Waals surface area contributed by atoms with Crippen molar-refractivity contribution in [2.24, 2.45) is 5.92 Å². The lowest BCUT2D eigenvalue weighted by Gasteiger charge is -2.45. The minimum absolute atomic E-state index is 0.0858. The summed E-state index contributed by atoms with van der Waals surface area (Å²) in [5, 5.41) is 0.203. The first-order valence-electron chi connectivity index (χ1n) is 8.34. The smallest absolute Gasteiger partial charge is 0.192 e. The van der Waals surface area contributed by atoms with Crippen LogP contribution < -0.4 is 5.73 Å². The molecule has 3 heterocycles. The van der Waals surface area contributed by atoms with Crippen molar-refractivity contribution < 1.29 is 9.16 Å². The first kappa shape index (κ1) is 17.3. The highest BCUT2D eigenvalue weighted by molar-refractivity contribution is 6.74. The maximum Gasteiger partial charge on any atom is 0.192 e. The van der Waals surface area contributed by atoms with E-state index in [1.54, 1.807) is 6.33 Å². The van der Waals surface area contributed by atoms with E-state index in [9.17, 15) is 0 Å². The van der Waals surface area contributed by atoms with Gasteiger partial charge in [-0.3, -0.25) is 4.57 Å². The van der Waals surface area contributed by atoms with Gasteiger partial charge in [0.05, 0.1) is 19.0 Å². The molecule has 24 heavy (non-hydrogen) atoms. The molecule has 2 aromatic rings. The molecule has 3 unspecified atom stereocenters. The van der Waals surface area contributed by atoms with Gasteiger partial charge < -0.3 is 14.9 Å². The molecule has 0 spiro atoms. The van der Waals surface area contributed by atoms with E-state index < -0.39 is 8.32 Å². The molecule has 0 saturated carbocycles. The van der Waals surface area contributed by atoms with Crippen molar-refractivity contribution in [1.82, 2.24) is 19.5 Å². The highest BCUT2D eigenvalue weighted by Crippen LogP contribution is 2.41. The van der Waals surface area contributed by atoms with Crippen LogP contribution in [0.1, 0.15) is 33.9 Å². The minimum atomic E-state index is -1.76. The van der Waals surface area contributed by atoms with Gasteiger partial charge in [-0.15, -0.1) is 0 Å². The van der Waals surface area contributed by atoms with Crippen LogP contribution in [0.3, 0.4) is 0 Å². The summed E-state index contributed by atoms with van der Waals surface area (Å²) in [5.41, 5.74) is 7.18. The Morgan fingerprint density at radius 1 is 1.29 bits per heavy atom. The zero-order valence-electron chi connectivity index (χ0n) is 15.3. The number of imidazole rings is 1. The Hall–Kier alpha value is -1.51. The van der Waals surface area contributed by atoms with Crippen molar-refractivity contribution in [3.8, 4) is 0 Å². The maximum atomic E-state index is 6.28. The average Bonchev–Trinajstić information content (AvgIpc) is 2.89. The molecular weight excluding hydrogens is 322 g/mol. The Labute approximate surface area is 143 Å². The first-order valence-corrected chi connectivity index (χ1v) is 11.2. The highest BCUT2D eigenvalue weighted by Gasteiger charge is 2.44. The maximum absolute atomic E-state index is 6.28. The first-order chi connectivity index (χ1) is 11.1. The van der Waals surface area contributed by atoms with E-state index >= 15 is 0 Å². The Morgan fingerprint density at radius 3 is 2.62 bits per heavy atom. The molecule has 1 aliphatic heterocycles. The predicted molar refractivity (Wildman–Crippen MR) is 96.0 cm³/mol. The fourth-order valence-electron chi connectivity index (χ4n) is 2.59. The molecule has 0 aromatic carbocycles. The molecule has 0 aliphatic carbocycles. The van der Waals surface area contributed by atoms with E-state index in [0.29, 0.717) is 29.5 Å². The second kappa shape index (κ2) is 5.78. The van der Waals surface area contributed by atoms with Crippen LogP contribution in [-0.4, -0.2) is 40.5 Å². The van der Waals surface area contributed by atoms with Crippen molar-refractivity contribution in [2.45, 2.75) is 58.2 Å². The summed E-state index contributed by atoms with van der Waals surface area (Å²) in [5.74, 6) is 0.715. The lowest BCUT2D eigenvalue weighted by Crippen LogP contribution is -2.50. The van der Waals surface area contributed by atoms with E-state index in [4.69, 9.17) is 14.9 Å². The van der Waals surface area contributed by atoms with Crippen molar-refractivity contribution in [1.29, 1.82) is 0 Å². The second-order valence-electron chi connectivity index (χ2n) is 8.08. The Morgan fingerprint density at radius 2 is 2.00 bits per heavy atom. The van der Waals surface area contributed by atoms with Gasteiger partial charge in [-0.1, -0.05) is 27.7 Å². The molecule has 2 aromatic heterocycles. The van der Waals surface area contributed by atoms with Crippen LogP contribution in [0.2, 0.25) is 18.1 Å². The molecule has 7 nitrogen and oxygen atoms in total. The molecule has 132 valence electrons. The van der Waals surface area contributed by atoms with Gasteiger partial charge in [0.15, 0.2) is 19.8 Å². The van der Waals surface area contributed by atoms with Crippen molar-refractivity contribution in [3.05, 3.63) is 12.7 Å². The van der Waals surface area contributed by atoms with Crippen LogP contribution in [-0.2, 0) is 9.16 Å². The number of rotatable bonds is 4. The molecule has 1 aliphatic rings. The van der Waals surface area contributed by atoms with Gasteiger partial charge in [-0.05, 0) is 18.1 Å². The number of hydrogen-bond acceptors (Lipinski definition) is 6. The molecule has 2 N–H and O–H groups in total. The van der Waals surface area contributed by atoms with Gasteiger partial charge in [0.1, 0.15) is 18.1 Å². The zero-order valence-corrected chi connectivity index (χ0v) is 16.3. The number of fused-ring (bicyclic) bond motifs is 1. The Bertz CT molecular complexity index is 740. The van der Waals surface area contributed by atoms with E-state index in [1.807, 2.05) is 4.57 Å². The molecule has 1 saturated heterocycles. The van der Waals surface area contributed by atoms with Gasteiger partial charge in [0.25, 0.3) is 0 Å². The summed E-state index contributed by atoms with van der Waals surface area (Å²) in [7, 11) is -1.76. The summed E-state index contributed by atoms with van der Waals surface area (Å²) in [6.07, 6.45) is 3.19. The summed E-state index contributed by atoms with van der Waals surface area (Å²) in [6, 6.07) is 0. The quantitative estimate of drug-likeness (QED) is 0.854. The third kappa shape index (κ3) is 2.82. The highest BCUT2D eigenvalue weighted by atomic mass is 28.4. The summed E-state index contributed by atoms with van der Waals surface area (Å²) in [4.78, 5) is 12.6. The molecule has 0 radical (unpaired) electrons. The van der Waals surface area contributed by atoms with Gasteiger partial charge in [0, 0.05) is 5.92 Å². The average molecular weight is 350 g/mol. The number of hydrogen-bond donors (Lipinski definition) is 1. The third-order valence-electron chi connectivity index (χ3n) is 5.43. The van der Waals surface area contributed by atoms with E-state index in [-0.39, 0.29) is 17.4 Å². The summed E-state index contributed by atoms with van der Waals surface area (Å²) < 4.78 is 14.3.